The van der Waals surface area contributed by atoms with Gasteiger partial charge in [-0.15, -0.1) is 0 Å². The summed E-state index contributed by atoms with van der Waals surface area (Å²) in [5.74, 6) is -0.727. The Labute approximate surface area is 114 Å². The molecule has 2 aromatic heterocycles. The number of aromatic nitrogens is 3. The highest BCUT2D eigenvalue weighted by Gasteiger charge is 2.16. The minimum absolute atomic E-state index is 0.0344. The average molecular weight is 268 g/mol. The fourth-order valence-electron chi connectivity index (χ4n) is 2.14. The smallest absolute Gasteiger partial charge is 0.341 e. The molecular formula is C14H12N4O2. The highest BCUT2D eigenvalue weighted by atomic mass is 16.4. The molecule has 0 aliphatic heterocycles. The molecule has 1 aromatic carbocycles. The molecule has 0 unspecified atom stereocenters. The molecule has 0 aliphatic rings. The second-order valence-corrected chi connectivity index (χ2v) is 4.48. The van der Waals surface area contributed by atoms with E-state index in [0.717, 1.165) is 11.1 Å². The zero-order valence-corrected chi connectivity index (χ0v) is 10.7. The number of carbonyl (C=O) groups is 1. The minimum Gasteiger partial charge on any atom is -0.477 e. The molecule has 0 saturated carbocycles. The largest absolute Gasteiger partial charge is 0.477 e. The minimum atomic E-state index is -1.08. The van der Waals surface area contributed by atoms with Crippen molar-refractivity contribution in [2.75, 3.05) is 5.73 Å². The van der Waals surface area contributed by atoms with Crippen molar-refractivity contribution < 1.29 is 9.90 Å². The van der Waals surface area contributed by atoms with Gasteiger partial charge >= 0.3 is 5.97 Å². The molecule has 0 radical (unpaired) electrons. The molecule has 0 aliphatic carbocycles. The number of hydrogen-bond acceptors (Lipinski definition) is 4. The third kappa shape index (κ3) is 1.78. The van der Waals surface area contributed by atoms with Gasteiger partial charge in [0.15, 0.2) is 5.65 Å². The van der Waals surface area contributed by atoms with E-state index in [0.29, 0.717) is 11.5 Å². The molecule has 0 saturated heterocycles. The van der Waals surface area contributed by atoms with Crippen molar-refractivity contribution in [3.05, 3.63) is 47.7 Å². The average Bonchev–Trinajstić information content (AvgIpc) is 2.83. The highest BCUT2D eigenvalue weighted by Crippen LogP contribution is 2.24. The van der Waals surface area contributed by atoms with Gasteiger partial charge in [-0.1, -0.05) is 24.3 Å². The van der Waals surface area contributed by atoms with E-state index >= 15 is 0 Å². The van der Waals surface area contributed by atoms with Crippen LogP contribution < -0.4 is 5.73 Å². The van der Waals surface area contributed by atoms with E-state index in [1.54, 1.807) is 6.07 Å². The van der Waals surface area contributed by atoms with Gasteiger partial charge in [-0.2, -0.15) is 9.61 Å². The number of carboxylic acid groups (broad SMARTS) is 1. The number of carboxylic acids is 1. The van der Waals surface area contributed by atoms with Gasteiger partial charge in [0, 0.05) is 11.6 Å². The van der Waals surface area contributed by atoms with Crippen LogP contribution in [0.25, 0.3) is 16.9 Å². The van der Waals surface area contributed by atoms with Crippen LogP contribution in [0.3, 0.4) is 0 Å². The first-order valence-electron chi connectivity index (χ1n) is 6.01. The number of benzene rings is 1. The van der Waals surface area contributed by atoms with Crippen molar-refractivity contribution >= 4 is 17.4 Å². The maximum atomic E-state index is 11.2. The predicted molar refractivity (Wildman–Crippen MR) is 74.5 cm³/mol. The number of nitrogens with two attached hydrogens (primary N) is 1. The molecule has 3 aromatic rings. The Kier molecular flexibility index (Phi) is 2.64. The van der Waals surface area contributed by atoms with Crippen molar-refractivity contribution in [2.24, 2.45) is 0 Å². The van der Waals surface area contributed by atoms with E-state index in [4.69, 9.17) is 10.8 Å². The fraction of sp³-hybridized carbons (Fsp3) is 0.0714. The molecule has 0 spiro atoms. The fourth-order valence-corrected chi connectivity index (χ4v) is 2.14. The first-order chi connectivity index (χ1) is 9.58. The number of aryl methyl sites for hydroxylation is 1. The van der Waals surface area contributed by atoms with Crippen LogP contribution >= 0.6 is 0 Å². The standard InChI is InChI=1S/C14H12N4O2/c1-8-4-2-3-5-9(8)11-6-12(15)18-13(17-11)10(7-16-18)14(19)20/h2-7H,15H2,1H3,(H,19,20). The molecule has 100 valence electrons. The first kappa shape index (κ1) is 12.2. The number of aromatic carboxylic acids is 1. The lowest BCUT2D eigenvalue weighted by Crippen LogP contribution is -2.04. The molecule has 2 heterocycles. The van der Waals surface area contributed by atoms with Crippen LogP contribution in [0.4, 0.5) is 5.82 Å². The molecule has 6 heteroatoms. The van der Waals surface area contributed by atoms with Crippen molar-refractivity contribution in [1.82, 2.24) is 14.6 Å². The van der Waals surface area contributed by atoms with Gasteiger partial charge in [-0.3, -0.25) is 0 Å². The number of fused-ring (bicyclic) bond motifs is 1. The Hall–Kier alpha value is -2.89. The van der Waals surface area contributed by atoms with E-state index in [2.05, 4.69) is 10.1 Å². The van der Waals surface area contributed by atoms with Gasteiger partial charge in [0.1, 0.15) is 11.4 Å². The van der Waals surface area contributed by atoms with E-state index in [9.17, 15) is 4.79 Å². The molecule has 0 amide bonds. The highest BCUT2D eigenvalue weighted by molar-refractivity contribution is 5.94. The topological polar surface area (TPSA) is 93.5 Å². The van der Waals surface area contributed by atoms with Gasteiger partial charge in [-0.25, -0.2) is 9.78 Å². The molecule has 3 N–H and O–H groups in total. The number of hydrogen-bond donors (Lipinski definition) is 2. The number of nitrogens with zero attached hydrogens (tertiary/aromatic N) is 3. The molecular weight excluding hydrogens is 256 g/mol. The van der Waals surface area contributed by atoms with Crippen LogP contribution in [0.1, 0.15) is 15.9 Å². The Morgan fingerprint density at radius 2 is 2.10 bits per heavy atom. The second-order valence-electron chi connectivity index (χ2n) is 4.48. The van der Waals surface area contributed by atoms with E-state index in [1.807, 2.05) is 31.2 Å². The SMILES string of the molecule is Cc1ccccc1-c1cc(N)n2ncc(C(=O)O)c2n1. The summed E-state index contributed by atoms with van der Waals surface area (Å²) in [4.78, 5) is 15.6. The molecule has 6 nitrogen and oxygen atoms in total. The summed E-state index contributed by atoms with van der Waals surface area (Å²) in [7, 11) is 0. The van der Waals surface area contributed by atoms with Crippen LogP contribution in [0.5, 0.6) is 0 Å². The summed E-state index contributed by atoms with van der Waals surface area (Å²) in [6.07, 6.45) is 1.25. The van der Waals surface area contributed by atoms with E-state index in [1.165, 1.54) is 10.7 Å². The second kappa shape index (κ2) is 4.34. The Morgan fingerprint density at radius 1 is 1.35 bits per heavy atom. The number of rotatable bonds is 2. The van der Waals surface area contributed by atoms with E-state index < -0.39 is 5.97 Å². The molecule has 0 atom stereocenters. The van der Waals surface area contributed by atoms with Gasteiger partial charge < -0.3 is 10.8 Å². The zero-order chi connectivity index (χ0) is 14.3. The third-order valence-electron chi connectivity index (χ3n) is 3.15. The molecule has 0 bridgehead atoms. The first-order valence-corrected chi connectivity index (χ1v) is 6.01. The van der Waals surface area contributed by atoms with Crippen molar-refractivity contribution in [3.8, 4) is 11.3 Å². The van der Waals surface area contributed by atoms with Gasteiger partial charge in [0.2, 0.25) is 0 Å². The third-order valence-corrected chi connectivity index (χ3v) is 3.15. The van der Waals surface area contributed by atoms with Gasteiger partial charge in [-0.05, 0) is 12.5 Å². The van der Waals surface area contributed by atoms with Crippen molar-refractivity contribution in [3.63, 3.8) is 0 Å². The Morgan fingerprint density at radius 3 is 2.80 bits per heavy atom. The summed E-state index contributed by atoms with van der Waals surface area (Å²) in [6, 6.07) is 9.41. The van der Waals surface area contributed by atoms with Gasteiger partial charge in [0.25, 0.3) is 0 Å². The predicted octanol–water partition coefficient (Wildman–Crippen LogP) is 1.99. The zero-order valence-electron chi connectivity index (χ0n) is 10.7. The monoisotopic (exact) mass is 268 g/mol. The summed E-state index contributed by atoms with van der Waals surface area (Å²) in [5, 5.41) is 13.1. The lowest BCUT2D eigenvalue weighted by molar-refractivity contribution is 0.0699. The summed E-state index contributed by atoms with van der Waals surface area (Å²) in [6.45, 7) is 1.96. The molecule has 0 fully saturated rings. The normalized spacial score (nSPS) is 10.8. The number of anilines is 1. The van der Waals surface area contributed by atoms with E-state index in [-0.39, 0.29) is 11.2 Å². The van der Waals surface area contributed by atoms with Gasteiger partial charge in [0.05, 0.1) is 11.9 Å². The lowest BCUT2D eigenvalue weighted by atomic mass is 10.1. The number of nitrogen functional groups attached to an aromatic ring is 1. The lowest BCUT2D eigenvalue weighted by Gasteiger charge is -2.07. The summed E-state index contributed by atoms with van der Waals surface area (Å²) >= 11 is 0. The van der Waals surface area contributed by atoms with Crippen LogP contribution in [0.15, 0.2) is 36.5 Å². The van der Waals surface area contributed by atoms with Crippen molar-refractivity contribution in [2.45, 2.75) is 6.92 Å². The molecule has 20 heavy (non-hydrogen) atoms. The van der Waals surface area contributed by atoms with Crippen LogP contribution in [0.2, 0.25) is 0 Å². The summed E-state index contributed by atoms with van der Waals surface area (Å²) < 4.78 is 1.32. The summed E-state index contributed by atoms with van der Waals surface area (Å²) in [5.41, 5.74) is 8.80. The maximum Gasteiger partial charge on any atom is 0.341 e. The Balaban J connectivity index is 2.31. The molecule has 3 rings (SSSR count). The van der Waals surface area contributed by atoms with Crippen molar-refractivity contribution in [1.29, 1.82) is 0 Å². The maximum absolute atomic E-state index is 11.2. The van der Waals surface area contributed by atoms with Crippen LogP contribution in [-0.4, -0.2) is 25.7 Å². The quantitative estimate of drug-likeness (QED) is 0.741. The van der Waals surface area contributed by atoms with Crippen LogP contribution in [0, 0.1) is 6.92 Å². The Bertz CT molecular complexity index is 823. The van der Waals surface area contributed by atoms with Crippen LogP contribution in [-0.2, 0) is 0 Å².